The van der Waals surface area contributed by atoms with E-state index < -0.39 is 16.1 Å². The third kappa shape index (κ3) is 6.29. The van der Waals surface area contributed by atoms with Crippen molar-refractivity contribution in [1.29, 1.82) is 5.41 Å². The predicted molar refractivity (Wildman–Crippen MR) is 46.9 cm³/mol. The highest BCUT2D eigenvalue weighted by atomic mass is 32.3. The molecule has 4 N–H and O–H groups in total. The molecule has 11 heavy (non-hydrogen) atoms. The summed E-state index contributed by atoms with van der Waals surface area (Å²) >= 11 is 0.712. The number of sulfonamides is 1. The zero-order valence-electron chi connectivity index (χ0n) is 6.29. The van der Waals surface area contributed by atoms with Gasteiger partial charge in [0.2, 0.25) is 10.0 Å². The second kappa shape index (κ2) is 4.05. The highest BCUT2D eigenvalue weighted by Crippen LogP contribution is 2.00. The minimum atomic E-state index is -3.24. The Morgan fingerprint density at radius 2 is 2.18 bits per heavy atom. The van der Waals surface area contributed by atoms with Crippen molar-refractivity contribution in [2.24, 2.45) is 5.73 Å². The van der Waals surface area contributed by atoms with E-state index in [2.05, 4.69) is 4.13 Å². The van der Waals surface area contributed by atoms with E-state index in [0.717, 1.165) is 6.26 Å². The van der Waals surface area contributed by atoms with Gasteiger partial charge in [-0.1, -0.05) is 0 Å². The lowest BCUT2D eigenvalue weighted by Gasteiger charge is -2.05. The van der Waals surface area contributed by atoms with E-state index in [1.165, 1.54) is 0 Å². The largest absolute Gasteiger partial charge is 0.322 e. The van der Waals surface area contributed by atoms with Crippen molar-refractivity contribution >= 4 is 27.0 Å². The molecule has 0 aliphatic carbocycles. The summed E-state index contributed by atoms with van der Waals surface area (Å²) in [6.07, 6.45) is 1.02. The molecule has 66 valence electrons. The standard InChI is InChI=1S/C4H11N3O2S2/c1-3(5)4(6)10-7-11(2,8)9/h3,6-7H,5H2,1-2H3. The van der Waals surface area contributed by atoms with Crippen LogP contribution in [0.5, 0.6) is 0 Å². The Hall–Kier alpha value is -0.110. The lowest BCUT2D eigenvalue weighted by molar-refractivity contribution is 0.600. The Morgan fingerprint density at radius 1 is 1.73 bits per heavy atom. The summed E-state index contributed by atoms with van der Waals surface area (Å²) in [5.74, 6) is 0. The van der Waals surface area contributed by atoms with Gasteiger partial charge in [0.25, 0.3) is 0 Å². The van der Waals surface area contributed by atoms with Crippen LogP contribution in [0.25, 0.3) is 0 Å². The Labute approximate surface area is 70.4 Å². The first-order valence-electron chi connectivity index (χ1n) is 2.80. The van der Waals surface area contributed by atoms with Crippen molar-refractivity contribution in [1.82, 2.24) is 4.13 Å². The quantitative estimate of drug-likeness (QED) is 0.323. The van der Waals surface area contributed by atoms with Gasteiger partial charge in [0.05, 0.1) is 17.3 Å². The fraction of sp³-hybridized carbons (Fsp3) is 0.750. The maximum atomic E-state index is 10.5. The second-order valence-corrected chi connectivity index (χ2v) is 4.97. The molecule has 0 saturated heterocycles. The van der Waals surface area contributed by atoms with Gasteiger partial charge >= 0.3 is 0 Å². The lowest BCUT2D eigenvalue weighted by Crippen LogP contribution is -2.27. The molecule has 0 bridgehead atoms. The molecule has 0 radical (unpaired) electrons. The van der Waals surface area contributed by atoms with Gasteiger partial charge < -0.3 is 5.73 Å². The molecule has 0 spiro atoms. The van der Waals surface area contributed by atoms with Gasteiger partial charge in [-0.25, -0.2) is 8.42 Å². The minimum Gasteiger partial charge on any atom is -0.322 e. The van der Waals surface area contributed by atoms with Crippen LogP contribution < -0.4 is 9.86 Å². The summed E-state index contributed by atoms with van der Waals surface area (Å²) in [5, 5.41) is 7.23. The molecule has 0 heterocycles. The maximum Gasteiger partial charge on any atom is 0.218 e. The Morgan fingerprint density at radius 3 is 2.45 bits per heavy atom. The molecule has 7 heteroatoms. The summed E-state index contributed by atoms with van der Waals surface area (Å²) in [7, 11) is -3.24. The van der Waals surface area contributed by atoms with Gasteiger partial charge in [-0.05, 0) is 18.9 Å². The number of hydrogen-bond donors (Lipinski definition) is 3. The lowest BCUT2D eigenvalue weighted by atomic mass is 10.4. The van der Waals surface area contributed by atoms with E-state index in [1.54, 1.807) is 6.92 Å². The summed E-state index contributed by atoms with van der Waals surface area (Å²) in [6.45, 7) is 1.61. The van der Waals surface area contributed by atoms with Crippen LogP contribution in [0.1, 0.15) is 6.92 Å². The average molecular weight is 197 g/mol. The minimum absolute atomic E-state index is 0.0930. The SMILES string of the molecule is CC(N)C(=N)SNS(C)(=O)=O. The Balaban J connectivity index is 3.83. The van der Waals surface area contributed by atoms with E-state index in [-0.39, 0.29) is 5.04 Å². The van der Waals surface area contributed by atoms with Crippen molar-refractivity contribution in [3.05, 3.63) is 0 Å². The molecule has 5 nitrogen and oxygen atoms in total. The predicted octanol–water partition coefficient (Wildman–Crippen LogP) is -0.492. The van der Waals surface area contributed by atoms with Gasteiger partial charge in [-0.3, -0.25) is 5.41 Å². The second-order valence-electron chi connectivity index (χ2n) is 2.11. The van der Waals surface area contributed by atoms with Crippen molar-refractivity contribution in [2.75, 3.05) is 6.26 Å². The Kier molecular flexibility index (Phi) is 4.01. The summed E-state index contributed by atoms with van der Waals surface area (Å²) in [6, 6.07) is -0.436. The first-order valence-corrected chi connectivity index (χ1v) is 5.51. The molecule has 0 fully saturated rings. The molecule has 1 atom stereocenters. The average Bonchev–Trinajstić information content (AvgIpc) is 1.80. The normalized spacial score (nSPS) is 14.5. The van der Waals surface area contributed by atoms with Crippen LogP contribution in [0.2, 0.25) is 0 Å². The van der Waals surface area contributed by atoms with Crippen molar-refractivity contribution < 1.29 is 8.42 Å². The van der Waals surface area contributed by atoms with E-state index in [1.807, 2.05) is 0 Å². The van der Waals surface area contributed by atoms with Crippen LogP contribution in [-0.4, -0.2) is 25.8 Å². The van der Waals surface area contributed by atoms with Gasteiger partial charge in [-0.15, -0.1) is 0 Å². The molecule has 0 rings (SSSR count). The van der Waals surface area contributed by atoms with Crippen molar-refractivity contribution in [2.45, 2.75) is 13.0 Å². The van der Waals surface area contributed by atoms with E-state index in [9.17, 15) is 8.42 Å². The zero-order valence-corrected chi connectivity index (χ0v) is 7.92. The summed E-state index contributed by atoms with van der Waals surface area (Å²) < 4.78 is 23.1. The molecule has 0 aliphatic rings. The zero-order chi connectivity index (χ0) is 9.07. The van der Waals surface area contributed by atoms with Crippen LogP contribution in [0.3, 0.4) is 0 Å². The molecule has 1 unspecified atom stereocenters. The van der Waals surface area contributed by atoms with E-state index in [0.29, 0.717) is 11.9 Å². The van der Waals surface area contributed by atoms with Crippen LogP contribution in [0.4, 0.5) is 0 Å². The van der Waals surface area contributed by atoms with Crippen LogP contribution in [0.15, 0.2) is 0 Å². The van der Waals surface area contributed by atoms with Crippen molar-refractivity contribution in [3.8, 4) is 0 Å². The van der Waals surface area contributed by atoms with Crippen molar-refractivity contribution in [3.63, 3.8) is 0 Å². The molecule has 0 aromatic rings. The smallest absolute Gasteiger partial charge is 0.218 e. The third-order valence-corrected chi connectivity index (χ3v) is 2.85. The maximum absolute atomic E-state index is 10.5. The Bertz CT molecular complexity index is 234. The van der Waals surface area contributed by atoms with Gasteiger partial charge in [0, 0.05) is 0 Å². The van der Waals surface area contributed by atoms with E-state index in [4.69, 9.17) is 11.1 Å². The molecule has 0 saturated carbocycles. The third-order valence-electron chi connectivity index (χ3n) is 0.717. The molecule has 0 aromatic heterocycles. The summed E-state index contributed by atoms with van der Waals surface area (Å²) in [5.41, 5.74) is 5.29. The highest BCUT2D eigenvalue weighted by molar-refractivity contribution is 8.19. The van der Waals surface area contributed by atoms with Crippen LogP contribution in [0, 0.1) is 5.41 Å². The van der Waals surface area contributed by atoms with Crippen LogP contribution in [-0.2, 0) is 10.0 Å². The number of nitrogens with two attached hydrogens (primary N) is 1. The number of hydrogen-bond acceptors (Lipinski definition) is 5. The monoisotopic (exact) mass is 197 g/mol. The number of rotatable bonds is 3. The number of nitrogens with one attached hydrogen (secondary N) is 2. The topological polar surface area (TPSA) is 96.0 Å². The molecule has 0 aromatic carbocycles. The fourth-order valence-electron chi connectivity index (χ4n) is 0.214. The molecular weight excluding hydrogens is 186 g/mol. The molecule has 0 aliphatic heterocycles. The molecule has 0 amide bonds. The highest BCUT2D eigenvalue weighted by Gasteiger charge is 2.07. The van der Waals surface area contributed by atoms with Gasteiger partial charge in [-0.2, -0.15) is 4.13 Å². The molecular formula is C4H11N3O2S2. The first kappa shape index (κ1) is 10.9. The van der Waals surface area contributed by atoms with E-state index >= 15 is 0 Å². The fourth-order valence-corrected chi connectivity index (χ4v) is 1.36. The van der Waals surface area contributed by atoms with Gasteiger partial charge in [0.15, 0.2) is 0 Å². The van der Waals surface area contributed by atoms with Gasteiger partial charge in [0.1, 0.15) is 0 Å². The first-order chi connectivity index (χ1) is 4.83. The summed E-state index contributed by atoms with van der Waals surface area (Å²) in [4.78, 5) is 0. The van der Waals surface area contributed by atoms with Crippen LogP contribution >= 0.6 is 11.9 Å².